The van der Waals surface area contributed by atoms with Crippen LogP contribution in [-0.4, -0.2) is 39.4 Å². The number of nitrogens with two attached hydrogens (primary N) is 1. The zero-order chi connectivity index (χ0) is 15.8. The average Bonchev–Trinajstić information content (AvgIpc) is 2.93. The quantitative estimate of drug-likeness (QED) is 0.262. The Labute approximate surface area is 120 Å². The molecule has 0 atom stereocenters. The number of rotatable bonds is 4. The molecule has 0 bridgehead atoms. The molecule has 0 aliphatic heterocycles. The number of aromatic nitrogens is 4. The van der Waals surface area contributed by atoms with Crippen LogP contribution in [0.15, 0.2) is 16.2 Å². The standard InChI is InChI=1S/C10H15N7O3S/c1-5-8(6(2)17(3)14-5)21(19,20)16-10-7(4-12-13-10)9(11)15-18/h4,18H,1-3H3,(H2,11,15)(H2,12,13,16). The molecule has 0 fully saturated rings. The lowest BCUT2D eigenvalue weighted by atomic mass is 10.3. The van der Waals surface area contributed by atoms with Crippen molar-refractivity contribution in [3.8, 4) is 0 Å². The van der Waals surface area contributed by atoms with Gasteiger partial charge in [0.25, 0.3) is 10.0 Å². The van der Waals surface area contributed by atoms with E-state index in [-0.39, 0.29) is 22.1 Å². The summed E-state index contributed by atoms with van der Waals surface area (Å²) in [6.07, 6.45) is 1.25. The van der Waals surface area contributed by atoms with E-state index in [1.165, 1.54) is 10.9 Å². The summed E-state index contributed by atoms with van der Waals surface area (Å²) in [7, 11) is -2.23. The molecule has 0 unspecified atom stereocenters. The first-order valence-corrected chi connectivity index (χ1v) is 7.30. The normalized spacial score (nSPS) is 12.6. The summed E-state index contributed by atoms with van der Waals surface area (Å²) in [5, 5.41) is 21.7. The maximum absolute atomic E-state index is 12.5. The van der Waals surface area contributed by atoms with Crippen LogP contribution < -0.4 is 10.5 Å². The molecule has 0 amide bonds. The van der Waals surface area contributed by atoms with Crippen LogP contribution in [0.3, 0.4) is 0 Å². The third-order valence-electron chi connectivity index (χ3n) is 2.97. The predicted molar refractivity (Wildman–Crippen MR) is 74.6 cm³/mol. The van der Waals surface area contributed by atoms with Crippen molar-refractivity contribution in [3.05, 3.63) is 23.1 Å². The van der Waals surface area contributed by atoms with Gasteiger partial charge in [0.15, 0.2) is 5.84 Å². The molecular formula is C10H15N7O3S. The Bertz CT molecular complexity index is 803. The molecule has 0 saturated carbocycles. The molecule has 0 aliphatic carbocycles. The maximum atomic E-state index is 12.5. The van der Waals surface area contributed by atoms with Gasteiger partial charge >= 0.3 is 0 Å². The first-order valence-electron chi connectivity index (χ1n) is 5.82. The van der Waals surface area contributed by atoms with Gasteiger partial charge in [-0.15, -0.1) is 0 Å². The van der Waals surface area contributed by atoms with Crippen LogP contribution in [0.1, 0.15) is 17.0 Å². The second-order valence-corrected chi connectivity index (χ2v) is 5.99. The van der Waals surface area contributed by atoms with Gasteiger partial charge in [0.2, 0.25) is 0 Å². The molecule has 2 heterocycles. The Hall–Kier alpha value is -2.56. The molecule has 21 heavy (non-hydrogen) atoms. The van der Waals surface area contributed by atoms with Crippen LogP contribution in [0.2, 0.25) is 0 Å². The molecule has 114 valence electrons. The van der Waals surface area contributed by atoms with Crippen LogP contribution in [0.5, 0.6) is 0 Å². The zero-order valence-electron chi connectivity index (χ0n) is 11.6. The summed E-state index contributed by atoms with van der Waals surface area (Å²) in [5.74, 6) is -0.256. The highest BCUT2D eigenvalue weighted by Crippen LogP contribution is 2.22. The van der Waals surface area contributed by atoms with Crippen LogP contribution in [0.4, 0.5) is 5.82 Å². The highest BCUT2D eigenvalue weighted by atomic mass is 32.2. The number of nitrogens with zero attached hydrogens (tertiary/aromatic N) is 4. The molecule has 2 rings (SSSR count). The van der Waals surface area contributed by atoms with E-state index < -0.39 is 10.0 Å². The van der Waals surface area contributed by atoms with Crippen molar-refractivity contribution in [3.63, 3.8) is 0 Å². The predicted octanol–water partition coefficient (Wildman–Crippen LogP) is -0.345. The summed E-state index contributed by atoms with van der Waals surface area (Å²) in [5.41, 5.74) is 6.45. The first-order chi connectivity index (χ1) is 9.77. The number of hydrogen-bond donors (Lipinski definition) is 4. The Morgan fingerprint density at radius 1 is 1.52 bits per heavy atom. The SMILES string of the molecule is Cc1nn(C)c(C)c1S(=O)(=O)Nc1[nH]ncc1C(N)=NO. The zero-order valence-corrected chi connectivity index (χ0v) is 12.4. The lowest BCUT2D eigenvalue weighted by molar-refractivity contribution is 0.318. The maximum Gasteiger partial charge on any atom is 0.266 e. The molecule has 10 nitrogen and oxygen atoms in total. The monoisotopic (exact) mass is 313 g/mol. The van der Waals surface area contributed by atoms with Gasteiger partial charge in [0.05, 0.1) is 23.1 Å². The third-order valence-corrected chi connectivity index (χ3v) is 4.57. The number of sulfonamides is 1. The molecule has 11 heteroatoms. The summed E-state index contributed by atoms with van der Waals surface area (Å²) >= 11 is 0. The van der Waals surface area contributed by atoms with Crippen LogP contribution >= 0.6 is 0 Å². The summed E-state index contributed by atoms with van der Waals surface area (Å²) in [4.78, 5) is 0.0741. The van der Waals surface area contributed by atoms with E-state index in [4.69, 9.17) is 10.9 Å². The second kappa shape index (κ2) is 5.09. The van der Waals surface area contributed by atoms with Gasteiger partial charge in [0.1, 0.15) is 10.7 Å². The first kappa shape index (κ1) is 14.8. The van der Waals surface area contributed by atoms with E-state index in [0.717, 1.165) is 0 Å². The van der Waals surface area contributed by atoms with Gasteiger partial charge in [-0.25, -0.2) is 8.42 Å². The summed E-state index contributed by atoms with van der Waals surface area (Å²) in [6.45, 7) is 3.24. The number of aryl methyl sites for hydroxylation is 2. The fourth-order valence-corrected chi connectivity index (χ4v) is 3.42. The van der Waals surface area contributed by atoms with E-state index in [9.17, 15) is 8.42 Å². The molecule has 0 radical (unpaired) electrons. The lowest BCUT2D eigenvalue weighted by Gasteiger charge is -2.08. The molecule has 0 saturated heterocycles. The minimum absolute atomic E-state index is 0.00736. The minimum atomic E-state index is -3.88. The van der Waals surface area contributed by atoms with Crippen molar-refractivity contribution in [1.82, 2.24) is 20.0 Å². The number of hydrogen-bond acceptors (Lipinski definition) is 6. The van der Waals surface area contributed by atoms with Gasteiger partial charge in [-0.2, -0.15) is 10.2 Å². The number of anilines is 1. The van der Waals surface area contributed by atoms with Gasteiger partial charge in [-0.1, -0.05) is 5.16 Å². The molecular weight excluding hydrogens is 298 g/mol. The fourth-order valence-electron chi connectivity index (χ4n) is 1.94. The summed E-state index contributed by atoms with van der Waals surface area (Å²) < 4.78 is 28.7. The van der Waals surface area contributed by atoms with Crippen molar-refractivity contribution in [2.45, 2.75) is 18.7 Å². The Morgan fingerprint density at radius 3 is 2.71 bits per heavy atom. The number of oxime groups is 1. The Kier molecular flexibility index (Phi) is 3.60. The molecule has 0 aliphatic rings. The largest absolute Gasteiger partial charge is 0.409 e. The van der Waals surface area contributed by atoms with E-state index in [1.54, 1.807) is 20.9 Å². The molecule has 2 aromatic heterocycles. The number of nitrogens with one attached hydrogen (secondary N) is 2. The third kappa shape index (κ3) is 2.54. The molecule has 0 spiro atoms. The van der Waals surface area contributed by atoms with Crippen molar-refractivity contribution in [2.75, 3.05) is 4.72 Å². The number of aromatic amines is 1. The smallest absolute Gasteiger partial charge is 0.266 e. The van der Waals surface area contributed by atoms with Crippen molar-refractivity contribution < 1.29 is 13.6 Å². The number of amidine groups is 1. The van der Waals surface area contributed by atoms with Crippen LogP contribution in [0, 0.1) is 13.8 Å². The highest BCUT2D eigenvalue weighted by molar-refractivity contribution is 7.92. The van der Waals surface area contributed by atoms with Gasteiger partial charge in [-0.05, 0) is 13.8 Å². The van der Waals surface area contributed by atoms with Crippen LogP contribution in [0.25, 0.3) is 0 Å². The molecule has 0 aromatic carbocycles. The lowest BCUT2D eigenvalue weighted by Crippen LogP contribution is -2.19. The van der Waals surface area contributed by atoms with E-state index in [1.807, 2.05) is 0 Å². The second-order valence-electron chi connectivity index (χ2n) is 4.37. The van der Waals surface area contributed by atoms with Gasteiger partial charge < -0.3 is 10.9 Å². The Balaban J connectivity index is 2.46. The summed E-state index contributed by atoms with van der Waals surface area (Å²) in [6, 6.07) is 0. The van der Waals surface area contributed by atoms with Crippen molar-refractivity contribution in [1.29, 1.82) is 0 Å². The van der Waals surface area contributed by atoms with E-state index >= 15 is 0 Å². The van der Waals surface area contributed by atoms with Crippen molar-refractivity contribution >= 4 is 21.7 Å². The highest BCUT2D eigenvalue weighted by Gasteiger charge is 2.25. The number of H-pyrrole nitrogens is 1. The topological polar surface area (TPSA) is 151 Å². The minimum Gasteiger partial charge on any atom is -0.409 e. The van der Waals surface area contributed by atoms with Gasteiger partial charge in [0, 0.05) is 7.05 Å². The average molecular weight is 313 g/mol. The van der Waals surface area contributed by atoms with Gasteiger partial charge in [-0.3, -0.25) is 14.5 Å². The molecule has 2 aromatic rings. The Morgan fingerprint density at radius 2 is 2.19 bits per heavy atom. The fraction of sp³-hybridized carbons (Fsp3) is 0.300. The van der Waals surface area contributed by atoms with Crippen molar-refractivity contribution in [2.24, 2.45) is 17.9 Å². The van der Waals surface area contributed by atoms with E-state index in [0.29, 0.717) is 11.4 Å². The molecule has 5 N–H and O–H groups in total. The van der Waals surface area contributed by atoms with Crippen LogP contribution in [-0.2, 0) is 17.1 Å². The van der Waals surface area contributed by atoms with E-state index in [2.05, 4.69) is 25.2 Å².